The van der Waals surface area contributed by atoms with Crippen LogP contribution in [0.2, 0.25) is 0 Å². The zero-order chi connectivity index (χ0) is 17.5. The first-order chi connectivity index (χ1) is 11.5. The Labute approximate surface area is 143 Å². The molecule has 1 aromatic carbocycles. The number of hydrogen-bond donors (Lipinski definition) is 2. The Morgan fingerprint density at radius 1 is 1.38 bits per heavy atom. The molecule has 1 aliphatic rings. The van der Waals surface area contributed by atoms with Gasteiger partial charge in [0.1, 0.15) is 0 Å². The first kappa shape index (κ1) is 18.3. The number of nitrogens with zero attached hydrogens (tertiary/aromatic N) is 1. The molecule has 0 aliphatic carbocycles. The van der Waals surface area contributed by atoms with Gasteiger partial charge in [-0.2, -0.15) is 0 Å². The Kier molecular flexibility index (Phi) is 6.61. The monoisotopic (exact) mass is 333 g/mol. The van der Waals surface area contributed by atoms with Crippen LogP contribution in [0.25, 0.3) is 0 Å². The summed E-state index contributed by atoms with van der Waals surface area (Å²) in [6.07, 6.45) is 1.00. The summed E-state index contributed by atoms with van der Waals surface area (Å²) in [7, 11) is 0. The fourth-order valence-corrected chi connectivity index (χ4v) is 2.74. The lowest BCUT2D eigenvalue weighted by Gasteiger charge is -2.24. The number of urea groups is 1. The van der Waals surface area contributed by atoms with Crippen molar-refractivity contribution in [2.45, 2.75) is 33.2 Å². The second kappa shape index (κ2) is 8.68. The van der Waals surface area contributed by atoms with Crippen LogP contribution in [0.4, 0.5) is 10.5 Å². The number of ether oxygens (including phenoxy) is 1. The first-order valence-electron chi connectivity index (χ1n) is 8.54. The molecular formula is C18H27N3O3. The van der Waals surface area contributed by atoms with Crippen molar-refractivity contribution in [1.82, 2.24) is 10.2 Å². The highest BCUT2D eigenvalue weighted by Crippen LogP contribution is 2.17. The van der Waals surface area contributed by atoms with Crippen LogP contribution in [0.3, 0.4) is 0 Å². The van der Waals surface area contributed by atoms with Gasteiger partial charge in [-0.25, -0.2) is 4.79 Å². The van der Waals surface area contributed by atoms with Crippen LogP contribution >= 0.6 is 0 Å². The van der Waals surface area contributed by atoms with Crippen molar-refractivity contribution in [2.24, 2.45) is 5.92 Å². The molecule has 0 bridgehead atoms. The van der Waals surface area contributed by atoms with Gasteiger partial charge < -0.3 is 20.3 Å². The molecule has 0 aromatic heterocycles. The van der Waals surface area contributed by atoms with E-state index in [1.54, 1.807) is 24.3 Å². The number of amides is 3. The highest BCUT2D eigenvalue weighted by Gasteiger charge is 2.22. The third-order valence-electron chi connectivity index (χ3n) is 3.96. The topological polar surface area (TPSA) is 70.7 Å². The number of carbonyl (C=O) groups is 2. The van der Waals surface area contributed by atoms with Crippen LogP contribution < -0.4 is 10.6 Å². The van der Waals surface area contributed by atoms with Crippen molar-refractivity contribution in [1.29, 1.82) is 0 Å². The molecule has 1 aromatic rings. The number of anilines is 1. The van der Waals surface area contributed by atoms with Gasteiger partial charge in [-0.1, -0.05) is 6.07 Å². The average molecular weight is 333 g/mol. The molecule has 1 heterocycles. The molecule has 1 aliphatic heterocycles. The van der Waals surface area contributed by atoms with E-state index in [4.69, 9.17) is 4.74 Å². The molecule has 1 saturated heterocycles. The second-order valence-corrected chi connectivity index (χ2v) is 6.41. The summed E-state index contributed by atoms with van der Waals surface area (Å²) >= 11 is 0. The number of rotatable bonds is 6. The van der Waals surface area contributed by atoms with E-state index in [-0.39, 0.29) is 18.0 Å². The Balaban J connectivity index is 2.02. The largest absolute Gasteiger partial charge is 0.381 e. The van der Waals surface area contributed by atoms with Crippen molar-refractivity contribution in [2.75, 3.05) is 31.6 Å². The Hall–Kier alpha value is -2.08. The molecule has 0 saturated carbocycles. The maximum Gasteiger partial charge on any atom is 0.319 e. The van der Waals surface area contributed by atoms with E-state index in [9.17, 15) is 9.59 Å². The quantitative estimate of drug-likeness (QED) is 0.841. The Bertz CT molecular complexity index is 568. The standard InChI is InChI=1S/C18H27N3O3/c1-4-21(11-14-8-9-24-12-14)17(22)15-6-5-7-16(10-15)20-18(23)19-13(2)3/h5-7,10,13-14H,4,8-9,11-12H2,1-3H3,(H2,19,20,23). The molecular weight excluding hydrogens is 306 g/mol. The van der Waals surface area contributed by atoms with Gasteiger partial charge in [0.25, 0.3) is 5.91 Å². The van der Waals surface area contributed by atoms with Crippen LogP contribution in [-0.4, -0.2) is 49.2 Å². The Morgan fingerprint density at radius 3 is 2.79 bits per heavy atom. The van der Waals surface area contributed by atoms with Gasteiger partial charge in [-0.3, -0.25) is 4.79 Å². The minimum absolute atomic E-state index is 0.0164. The van der Waals surface area contributed by atoms with Crippen LogP contribution in [0.1, 0.15) is 37.6 Å². The van der Waals surface area contributed by atoms with Crippen molar-refractivity contribution in [3.05, 3.63) is 29.8 Å². The third-order valence-corrected chi connectivity index (χ3v) is 3.96. The molecule has 6 nitrogen and oxygen atoms in total. The molecule has 24 heavy (non-hydrogen) atoms. The molecule has 132 valence electrons. The summed E-state index contributed by atoms with van der Waals surface area (Å²) in [6.45, 7) is 8.63. The van der Waals surface area contributed by atoms with Crippen LogP contribution in [0.5, 0.6) is 0 Å². The summed E-state index contributed by atoms with van der Waals surface area (Å²) in [4.78, 5) is 26.4. The Morgan fingerprint density at radius 2 is 2.17 bits per heavy atom. The summed E-state index contributed by atoms with van der Waals surface area (Å²) in [5.41, 5.74) is 1.19. The lowest BCUT2D eigenvalue weighted by atomic mass is 10.1. The zero-order valence-corrected chi connectivity index (χ0v) is 14.7. The van der Waals surface area contributed by atoms with Gasteiger partial charge in [0.2, 0.25) is 0 Å². The predicted molar refractivity (Wildman–Crippen MR) is 94.2 cm³/mol. The van der Waals surface area contributed by atoms with Gasteiger partial charge in [0.05, 0.1) is 6.61 Å². The van der Waals surface area contributed by atoms with Gasteiger partial charge >= 0.3 is 6.03 Å². The normalized spacial score (nSPS) is 16.9. The minimum Gasteiger partial charge on any atom is -0.381 e. The van der Waals surface area contributed by atoms with E-state index < -0.39 is 0 Å². The molecule has 1 atom stereocenters. The molecule has 2 rings (SSSR count). The van der Waals surface area contributed by atoms with Crippen molar-refractivity contribution < 1.29 is 14.3 Å². The van der Waals surface area contributed by atoms with Crippen molar-refractivity contribution in [3.8, 4) is 0 Å². The number of hydrogen-bond acceptors (Lipinski definition) is 3. The van der Waals surface area contributed by atoms with E-state index in [0.29, 0.717) is 30.3 Å². The SMILES string of the molecule is CCN(CC1CCOC1)C(=O)c1cccc(NC(=O)NC(C)C)c1. The van der Waals surface area contributed by atoms with E-state index >= 15 is 0 Å². The van der Waals surface area contributed by atoms with Crippen LogP contribution in [-0.2, 0) is 4.74 Å². The lowest BCUT2D eigenvalue weighted by Crippen LogP contribution is -2.36. The summed E-state index contributed by atoms with van der Waals surface area (Å²) < 4.78 is 5.39. The number of carbonyl (C=O) groups excluding carboxylic acids is 2. The zero-order valence-electron chi connectivity index (χ0n) is 14.7. The second-order valence-electron chi connectivity index (χ2n) is 6.41. The molecule has 0 radical (unpaired) electrons. The molecule has 0 spiro atoms. The van der Waals surface area contributed by atoms with Crippen LogP contribution in [0.15, 0.2) is 24.3 Å². The molecule has 1 fully saturated rings. The van der Waals surface area contributed by atoms with E-state index in [0.717, 1.165) is 19.6 Å². The highest BCUT2D eigenvalue weighted by atomic mass is 16.5. The lowest BCUT2D eigenvalue weighted by molar-refractivity contribution is 0.0731. The highest BCUT2D eigenvalue weighted by molar-refractivity contribution is 5.97. The van der Waals surface area contributed by atoms with Gasteiger partial charge in [-0.05, 0) is 45.4 Å². The van der Waals surface area contributed by atoms with Crippen LogP contribution in [0, 0.1) is 5.92 Å². The smallest absolute Gasteiger partial charge is 0.319 e. The summed E-state index contributed by atoms with van der Waals surface area (Å²) in [5.74, 6) is 0.393. The summed E-state index contributed by atoms with van der Waals surface area (Å²) in [5, 5.41) is 5.52. The van der Waals surface area contributed by atoms with Gasteiger partial charge in [0, 0.05) is 42.9 Å². The minimum atomic E-state index is -0.273. The van der Waals surface area contributed by atoms with Gasteiger partial charge in [0.15, 0.2) is 0 Å². The van der Waals surface area contributed by atoms with Gasteiger partial charge in [-0.15, -0.1) is 0 Å². The molecule has 3 amide bonds. The fourth-order valence-electron chi connectivity index (χ4n) is 2.74. The van der Waals surface area contributed by atoms with E-state index in [1.165, 1.54) is 0 Å². The van der Waals surface area contributed by atoms with Crippen molar-refractivity contribution in [3.63, 3.8) is 0 Å². The number of nitrogens with one attached hydrogen (secondary N) is 2. The van der Waals surface area contributed by atoms with E-state index in [2.05, 4.69) is 10.6 Å². The van der Waals surface area contributed by atoms with Crippen molar-refractivity contribution >= 4 is 17.6 Å². The fraction of sp³-hybridized carbons (Fsp3) is 0.556. The predicted octanol–water partition coefficient (Wildman–Crippen LogP) is 2.72. The molecule has 6 heteroatoms. The maximum absolute atomic E-state index is 12.7. The molecule has 1 unspecified atom stereocenters. The third kappa shape index (κ3) is 5.23. The first-order valence-corrected chi connectivity index (χ1v) is 8.54. The summed E-state index contributed by atoms with van der Waals surface area (Å²) in [6, 6.07) is 6.84. The number of benzene rings is 1. The van der Waals surface area contributed by atoms with E-state index in [1.807, 2.05) is 25.7 Å². The molecule has 2 N–H and O–H groups in total. The maximum atomic E-state index is 12.7. The average Bonchev–Trinajstić information content (AvgIpc) is 3.04.